The van der Waals surface area contributed by atoms with Gasteiger partial charge in [0.1, 0.15) is 4.20 Å². The number of ether oxygens (including phenoxy) is 1. The number of benzene rings is 1. The number of fused-ring (bicyclic) bond motifs is 3. The predicted octanol–water partition coefficient (Wildman–Crippen LogP) is 1.38. The van der Waals surface area contributed by atoms with Crippen molar-refractivity contribution in [1.29, 1.82) is 0 Å². The quantitative estimate of drug-likeness (QED) is 0.259. The van der Waals surface area contributed by atoms with E-state index in [0.29, 0.717) is 42.0 Å². The summed E-state index contributed by atoms with van der Waals surface area (Å²) < 4.78 is 7.66. The molecule has 4 nitrogen and oxygen atoms in total. The maximum absolute atomic E-state index is 13.2. The van der Waals surface area contributed by atoms with Gasteiger partial charge in [-0.3, -0.25) is 0 Å². The summed E-state index contributed by atoms with van der Waals surface area (Å²) in [5.41, 5.74) is 2.77. The average Bonchev–Trinajstić information content (AvgIpc) is 3.17. The van der Waals surface area contributed by atoms with Crippen LogP contribution in [0.3, 0.4) is 0 Å². The number of hydrogen-bond donors (Lipinski definition) is 0. The first-order valence-corrected chi connectivity index (χ1v) is 9.83. The van der Waals surface area contributed by atoms with Gasteiger partial charge in [-0.15, -0.1) is 0 Å². The molecule has 0 atom stereocenters. The molecule has 0 fully saturated rings. The van der Waals surface area contributed by atoms with Crippen LogP contribution in [-0.2, 0) is 4.74 Å². The molecule has 2 aromatic heterocycles. The fraction of sp³-hybridized carbons (Fsp3) is 0.100. The van der Waals surface area contributed by atoms with Crippen molar-refractivity contribution in [2.24, 2.45) is 0 Å². The first-order valence-electron chi connectivity index (χ1n) is 8.22. The number of aromatic nitrogens is 1. The van der Waals surface area contributed by atoms with Crippen LogP contribution in [0, 0.1) is 0 Å². The van der Waals surface area contributed by atoms with Crippen molar-refractivity contribution in [3.8, 4) is 0 Å². The van der Waals surface area contributed by atoms with Crippen LogP contribution >= 0.6 is 35.6 Å². The van der Waals surface area contributed by atoms with Crippen molar-refractivity contribution in [1.82, 2.24) is 4.40 Å². The van der Waals surface area contributed by atoms with Crippen molar-refractivity contribution in [3.05, 3.63) is 76.1 Å². The summed E-state index contributed by atoms with van der Waals surface area (Å²) in [5.74, 6) is -0.659. The molecule has 0 saturated heterocycles. The molecular weight excluding hydrogens is 441 g/mol. The Morgan fingerprint density at radius 1 is 1.25 bits per heavy atom. The van der Waals surface area contributed by atoms with Crippen molar-refractivity contribution >= 4 is 61.9 Å². The van der Waals surface area contributed by atoms with Crippen LogP contribution in [0.5, 0.6) is 0 Å². The number of esters is 1. The van der Waals surface area contributed by atoms with Gasteiger partial charge in [-0.1, -0.05) is 59.5 Å². The Hall–Kier alpha value is -0.644. The van der Waals surface area contributed by atoms with Gasteiger partial charge in [-0.05, 0) is 36.8 Å². The molecule has 1 aromatic carbocycles. The number of rotatable bonds is 3. The summed E-state index contributed by atoms with van der Waals surface area (Å²) in [7, 11) is 0. The number of carbonyl (C=O) groups is 1. The Morgan fingerprint density at radius 2 is 1.96 bits per heavy atom. The molecule has 0 aliphatic carbocycles. The van der Waals surface area contributed by atoms with Gasteiger partial charge in [0.25, 0.3) is 0 Å². The summed E-state index contributed by atoms with van der Waals surface area (Å²) in [6, 6.07) is 12.2. The van der Waals surface area contributed by atoms with Gasteiger partial charge in [-0.25, -0.2) is 4.79 Å². The largest absolute Gasteiger partial charge is 1.00 e. The maximum atomic E-state index is 13.2. The first kappa shape index (κ1) is 22.1. The topological polar surface area (TPSA) is 53.8 Å². The predicted molar refractivity (Wildman–Crippen MR) is 111 cm³/mol. The Balaban J connectivity index is 0.00000225. The molecule has 28 heavy (non-hydrogen) atoms. The van der Waals surface area contributed by atoms with Gasteiger partial charge in [0, 0.05) is 21.7 Å². The Labute approximate surface area is 219 Å². The molecule has 3 aromatic rings. The number of thiocarbonyl (C=S) groups is 1. The fourth-order valence-corrected chi connectivity index (χ4v) is 4.69. The van der Waals surface area contributed by atoms with Gasteiger partial charge >= 0.3 is 57.4 Å². The van der Waals surface area contributed by atoms with E-state index < -0.39 is 5.97 Å². The van der Waals surface area contributed by atoms with Gasteiger partial charge in [0.05, 0.1) is 23.4 Å². The molecule has 4 rings (SSSR count). The number of thioether (sulfide) groups is 1. The van der Waals surface area contributed by atoms with E-state index in [2.05, 4.69) is 0 Å². The van der Waals surface area contributed by atoms with Crippen molar-refractivity contribution in [2.45, 2.75) is 6.92 Å². The molecular formula is C20H13ClKNO3S2. The maximum Gasteiger partial charge on any atom is 1.00 e. The SMILES string of the molecule is CCOC(=O)c1c2c(n3ccccc13)C(=S)S/C2=C(/[O-])c1ccc(Cl)cc1.[K+]. The Bertz CT molecular complexity index is 1120. The summed E-state index contributed by atoms with van der Waals surface area (Å²) >= 11 is 12.7. The van der Waals surface area contributed by atoms with E-state index in [1.807, 2.05) is 28.8 Å². The van der Waals surface area contributed by atoms with Crippen LogP contribution in [0.25, 0.3) is 16.2 Å². The zero-order valence-electron chi connectivity index (χ0n) is 15.2. The monoisotopic (exact) mass is 453 g/mol. The van der Waals surface area contributed by atoms with Crippen molar-refractivity contribution in [3.63, 3.8) is 0 Å². The second-order valence-electron chi connectivity index (χ2n) is 5.83. The minimum absolute atomic E-state index is 0. The molecule has 3 heterocycles. The van der Waals surface area contributed by atoms with E-state index >= 15 is 0 Å². The zero-order valence-corrected chi connectivity index (χ0v) is 20.7. The fourth-order valence-electron chi connectivity index (χ4n) is 3.12. The molecule has 136 valence electrons. The second-order valence-corrected chi connectivity index (χ2v) is 7.95. The van der Waals surface area contributed by atoms with E-state index in [9.17, 15) is 9.90 Å². The third-order valence-electron chi connectivity index (χ3n) is 4.25. The van der Waals surface area contributed by atoms with Crippen LogP contribution in [0.1, 0.15) is 34.1 Å². The van der Waals surface area contributed by atoms with E-state index in [1.165, 1.54) is 11.8 Å². The van der Waals surface area contributed by atoms with E-state index in [1.54, 1.807) is 31.2 Å². The summed E-state index contributed by atoms with van der Waals surface area (Å²) in [6.45, 7) is 2.00. The van der Waals surface area contributed by atoms with Crippen LogP contribution < -0.4 is 56.5 Å². The number of hydrogen-bond acceptors (Lipinski definition) is 5. The van der Waals surface area contributed by atoms with Gasteiger partial charge in [-0.2, -0.15) is 0 Å². The van der Waals surface area contributed by atoms with E-state index in [4.69, 9.17) is 28.6 Å². The van der Waals surface area contributed by atoms with Crippen molar-refractivity contribution < 1.29 is 66.0 Å². The number of carbonyl (C=O) groups excluding carboxylic acids is 1. The smallest absolute Gasteiger partial charge is 0.871 e. The minimum Gasteiger partial charge on any atom is -0.871 e. The van der Waals surface area contributed by atoms with Crippen LogP contribution in [-0.4, -0.2) is 21.2 Å². The third-order valence-corrected chi connectivity index (χ3v) is 5.92. The molecule has 8 heteroatoms. The van der Waals surface area contributed by atoms with Crippen LogP contribution in [0.4, 0.5) is 0 Å². The van der Waals surface area contributed by atoms with E-state index in [0.717, 1.165) is 0 Å². The summed E-state index contributed by atoms with van der Waals surface area (Å²) in [4.78, 5) is 13.1. The Kier molecular flexibility index (Phi) is 7.10. The number of halogens is 1. The second kappa shape index (κ2) is 9.01. The minimum atomic E-state index is -0.464. The van der Waals surface area contributed by atoms with Gasteiger partial charge in [0.2, 0.25) is 0 Å². The van der Waals surface area contributed by atoms with Crippen LogP contribution in [0.15, 0.2) is 48.7 Å². The standard InChI is InChI=1S/C20H14ClNO3S2.K/c1-2-25-19(24)14-13-5-3-4-10-22(13)16-15(14)18(27-20(16)26)17(23)11-6-8-12(21)9-7-11;/h3-10,23H,2H2,1H3;/q;+1/p-1/b18-17+;. The van der Waals surface area contributed by atoms with E-state index in [-0.39, 0.29) is 63.8 Å². The average molecular weight is 454 g/mol. The Morgan fingerprint density at radius 3 is 2.64 bits per heavy atom. The molecule has 0 saturated carbocycles. The molecule has 0 amide bonds. The normalized spacial score (nSPS) is 14.6. The third kappa shape index (κ3) is 3.75. The van der Waals surface area contributed by atoms with Gasteiger partial charge < -0.3 is 14.2 Å². The van der Waals surface area contributed by atoms with Crippen molar-refractivity contribution in [2.75, 3.05) is 6.61 Å². The molecule has 0 radical (unpaired) electrons. The van der Waals surface area contributed by atoms with Crippen LogP contribution in [0.2, 0.25) is 5.02 Å². The molecule has 1 aliphatic heterocycles. The number of nitrogens with zero attached hydrogens (tertiary/aromatic N) is 1. The molecule has 0 spiro atoms. The molecule has 0 unspecified atom stereocenters. The number of pyridine rings is 1. The first-order chi connectivity index (χ1) is 13.0. The molecule has 0 bridgehead atoms. The molecule has 1 aliphatic rings. The zero-order chi connectivity index (χ0) is 19.1. The summed E-state index contributed by atoms with van der Waals surface area (Å²) in [6.07, 6.45) is 1.83. The molecule has 0 N–H and O–H groups in total. The summed E-state index contributed by atoms with van der Waals surface area (Å²) in [5, 5.41) is 13.7. The van der Waals surface area contributed by atoms with Gasteiger partial charge in [0.15, 0.2) is 0 Å².